The lowest BCUT2D eigenvalue weighted by atomic mass is 10.1. The number of halogens is 1. The average molecular weight is 321 g/mol. The Morgan fingerprint density at radius 3 is 2.42 bits per heavy atom. The number of hydrogen-bond donors (Lipinski definition) is 0. The first-order chi connectivity index (χ1) is 9.20. The molecule has 0 saturated heterocycles. The Labute approximate surface area is 120 Å². The predicted octanol–water partition coefficient (Wildman–Crippen LogP) is 4.09. The highest BCUT2D eigenvalue weighted by atomic mass is 79.9. The molecule has 0 spiro atoms. The third kappa shape index (κ3) is 3.58. The standard InChI is InChI=1S/C15H13BrO3/c1-18-15(17)14(16)11-6-5-9-13(10-11)19-12-7-3-2-4-8-12/h2-10,14H,1H3/t14-/m1/s1. The van der Waals surface area contributed by atoms with Crippen molar-refractivity contribution in [3.05, 3.63) is 60.2 Å². The molecule has 98 valence electrons. The van der Waals surface area contributed by atoms with Gasteiger partial charge in [-0.15, -0.1) is 0 Å². The molecular formula is C15H13BrO3. The SMILES string of the molecule is COC(=O)[C@H](Br)c1cccc(Oc2ccccc2)c1. The maximum atomic E-state index is 11.5. The van der Waals surface area contributed by atoms with E-state index in [0.717, 1.165) is 11.3 Å². The lowest BCUT2D eigenvalue weighted by molar-refractivity contribution is -0.139. The fourth-order valence-electron chi connectivity index (χ4n) is 1.60. The molecule has 0 N–H and O–H groups in total. The predicted molar refractivity (Wildman–Crippen MR) is 76.6 cm³/mol. The summed E-state index contributed by atoms with van der Waals surface area (Å²) < 4.78 is 10.4. The summed E-state index contributed by atoms with van der Waals surface area (Å²) in [5.74, 6) is 1.10. The molecule has 0 fully saturated rings. The molecule has 4 heteroatoms. The molecule has 0 saturated carbocycles. The maximum absolute atomic E-state index is 11.5. The van der Waals surface area contributed by atoms with E-state index >= 15 is 0 Å². The van der Waals surface area contributed by atoms with E-state index in [1.165, 1.54) is 7.11 Å². The van der Waals surface area contributed by atoms with Gasteiger partial charge < -0.3 is 9.47 Å². The van der Waals surface area contributed by atoms with Gasteiger partial charge in [0.25, 0.3) is 0 Å². The minimum Gasteiger partial charge on any atom is -0.468 e. The fraction of sp³-hybridized carbons (Fsp3) is 0.133. The second-order valence-electron chi connectivity index (χ2n) is 3.87. The summed E-state index contributed by atoms with van der Waals surface area (Å²) in [6, 6.07) is 16.8. The summed E-state index contributed by atoms with van der Waals surface area (Å²) in [5, 5.41) is 0. The molecule has 2 rings (SSSR count). The van der Waals surface area contributed by atoms with Gasteiger partial charge in [-0.05, 0) is 29.8 Å². The largest absolute Gasteiger partial charge is 0.468 e. The number of esters is 1. The molecule has 1 atom stereocenters. The van der Waals surface area contributed by atoms with E-state index in [0.29, 0.717) is 5.75 Å². The number of para-hydroxylation sites is 1. The van der Waals surface area contributed by atoms with Gasteiger partial charge in [-0.3, -0.25) is 4.79 Å². The van der Waals surface area contributed by atoms with Gasteiger partial charge in [0.05, 0.1) is 7.11 Å². The second-order valence-corrected chi connectivity index (χ2v) is 4.79. The zero-order valence-electron chi connectivity index (χ0n) is 10.4. The highest BCUT2D eigenvalue weighted by Crippen LogP contribution is 2.29. The highest BCUT2D eigenvalue weighted by molar-refractivity contribution is 9.09. The molecule has 0 aliphatic carbocycles. The van der Waals surface area contributed by atoms with Crippen LogP contribution in [-0.2, 0) is 9.53 Å². The Bertz CT molecular complexity index is 554. The molecule has 0 aliphatic heterocycles. The van der Waals surface area contributed by atoms with Gasteiger partial charge in [0.1, 0.15) is 16.3 Å². The smallest absolute Gasteiger partial charge is 0.324 e. The van der Waals surface area contributed by atoms with Crippen LogP contribution in [0.5, 0.6) is 11.5 Å². The number of benzene rings is 2. The van der Waals surface area contributed by atoms with E-state index in [2.05, 4.69) is 15.9 Å². The summed E-state index contributed by atoms with van der Waals surface area (Å²) in [7, 11) is 1.36. The van der Waals surface area contributed by atoms with Crippen molar-refractivity contribution in [2.24, 2.45) is 0 Å². The monoisotopic (exact) mass is 320 g/mol. The first kappa shape index (κ1) is 13.6. The minimum atomic E-state index is -0.489. The van der Waals surface area contributed by atoms with Crippen LogP contribution in [0.25, 0.3) is 0 Å². The van der Waals surface area contributed by atoms with Crippen molar-refractivity contribution in [3.63, 3.8) is 0 Å². The molecule has 3 nitrogen and oxygen atoms in total. The van der Waals surface area contributed by atoms with Crippen molar-refractivity contribution in [1.82, 2.24) is 0 Å². The van der Waals surface area contributed by atoms with Gasteiger partial charge in [-0.2, -0.15) is 0 Å². The molecule has 0 radical (unpaired) electrons. The number of methoxy groups -OCH3 is 1. The molecule has 0 amide bonds. The normalized spacial score (nSPS) is 11.7. The molecule has 0 aliphatic rings. The first-order valence-corrected chi connectivity index (χ1v) is 6.67. The van der Waals surface area contributed by atoms with E-state index < -0.39 is 4.83 Å². The number of alkyl halides is 1. The Kier molecular flexibility index (Phi) is 4.58. The third-order valence-corrected chi connectivity index (χ3v) is 3.44. The van der Waals surface area contributed by atoms with Crippen molar-refractivity contribution in [3.8, 4) is 11.5 Å². The van der Waals surface area contributed by atoms with Crippen LogP contribution >= 0.6 is 15.9 Å². The highest BCUT2D eigenvalue weighted by Gasteiger charge is 2.17. The van der Waals surface area contributed by atoms with Crippen molar-refractivity contribution >= 4 is 21.9 Å². The summed E-state index contributed by atoms with van der Waals surface area (Å²) in [6.45, 7) is 0. The fourth-order valence-corrected chi connectivity index (χ4v) is 2.07. The quantitative estimate of drug-likeness (QED) is 0.628. The van der Waals surface area contributed by atoms with Crippen LogP contribution in [0.1, 0.15) is 10.4 Å². The van der Waals surface area contributed by atoms with Crippen LogP contribution in [0.3, 0.4) is 0 Å². The first-order valence-electron chi connectivity index (χ1n) is 5.75. The molecule has 0 heterocycles. The molecular weight excluding hydrogens is 308 g/mol. The van der Waals surface area contributed by atoms with Crippen LogP contribution < -0.4 is 4.74 Å². The molecule has 0 unspecified atom stereocenters. The van der Waals surface area contributed by atoms with Crippen molar-refractivity contribution in [1.29, 1.82) is 0 Å². The lowest BCUT2D eigenvalue weighted by Crippen LogP contribution is -2.08. The number of ether oxygens (including phenoxy) is 2. The van der Waals surface area contributed by atoms with Gasteiger partial charge in [0.2, 0.25) is 0 Å². The Balaban J connectivity index is 2.18. The van der Waals surface area contributed by atoms with Gasteiger partial charge >= 0.3 is 5.97 Å². The van der Waals surface area contributed by atoms with Gasteiger partial charge in [0, 0.05) is 0 Å². The zero-order valence-corrected chi connectivity index (χ0v) is 12.0. The van der Waals surface area contributed by atoms with E-state index in [9.17, 15) is 4.79 Å². The Morgan fingerprint density at radius 2 is 1.74 bits per heavy atom. The van der Waals surface area contributed by atoms with Crippen LogP contribution in [0, 0.1) is 0 Å². The zero-order chi connectivity index (χ0) is 13.7. The summed E-state index contributed by atoms with van der Waals surface area (Å²) >= 11 is 3.30. The second kappa shape index (κ2) is 6.38. The van der Waals surface area contributed by atoms with Gasteiger partial charge in [-0.25, -0.2) is 0 Å². The topological polar surface area (TPSA) is 35.5 Å². The van der Waals surface area contributed by atoms with Crippen molar-refractivity contribution in [2.75, 3.05) is 7.11 Å². The minimum absolute atomic E-state index is 0.336. The van der Waals surface area contributed by atoms with Crippen molar-refractivity contribution in [2.45, 2.75) is 4.83 Å². The number of rotatable bonds is 4. The van der Waals surface area contributed by atoms with E-state index in [1.807, 2.05) is 54.6 Å². The van der Waals surface area contributed by atoms with Crippen LogP contribution in [-0.4, -0.2) is 13.1 Å². The van der Waals surface area contributed by atoms with Crippen LogP contribution in [0.15, 0.2) is 54.6 Å². The molecule has 19 heavy (non-hydrogen) atoms. The summed E-state index contributed by atoms with van der Waals surface area (Å²) in [6.07, 6.45) is 0. The number of carbonyl (C=O) groups is 1. The van der Waals surface area contributed by atoms with Crippen molar-refractivity contribution < 1.29 is 14.3 Å². The number of hydrogen-bond acceptors (Lipinski definition) is 3. The van der Waals surface area contributed by atoms with E-state index in [1.54, 1.807) is 0 Å². The lowest BCUT2D eigenvalue weighted by Gasteiger charge is -2.10. The molecule has 0 bridgehead atoms. The maximum Gasteiger partial charge on any atom is 0.324 e. The summed E-state index contributed by atoms with van der Waals surface area (Å²) in [4.78, 5) is 11.0. The van der Waals surface area contributed by atoms with Crippen LogP contribution in [0.2, 0.25) is 0 Å². The Hall–Kier alpha value is -1.81. The van der Waals surface area contributed by atoms with Gasteiger partial charge in [-0.1, -0.05) is 46.3 Å². The Morgan fingerprint density at radius 1 is 1.05 bits per heavy atom. The van der Waals surface area contributed by atoms with Gasteiger partial charge in [0.15, 0.2) is 0 Å². The van der Waals surface area contributed by atoms with E-state index in [-0.39, 0.29) is 5.97 Å². The molecule has 0 aromatic heterocycles. The average Bonchev–Trinajstić information content (AvgIpc) is 2.47. The number of carbonyl (C=O) groups excluding carboxylic acids is 1. The van der Waals surface area contributed by atoms with E-state index in [4.69, 9.17) is 9.47 Å². The third-order valence-electron chi connectivity index (χ3n) is 2.54. The summed E-state index contributed by atoms with van der Waals surface area (Å²) in [5.41, 5.74) is 0.792. The molecule has 2 aromatic carbocycles. The van der Waals surface area contributed by atoms with Crippen LogP contribution in [0.4, 0.5) is 0 Å². The molecule has 2 aromatic rings.